The van der Waals surface area contributed by atoms with Gasteiger partial charge in [-0.25, -0.2) is 0 Å². The Morgan fingerprint density at radius 2 is 1.69 bits per heavy atom. The molecule has 0 aliphatic heterocycles. The van der Waals surface area contributed by atoms with Crippen LogP contribution in [0, 0.1) is 11.3 Å². The van der Waals surface area contributed by atoms with Crippen LogP contribution in [0.4, 0.5) is 0 Å². The summed E-state index contributed by atoms with van der Waals surface area (Å²) < 4.78 is 0. The van der Waals surface area contributed by atoms with Gasteiger partial charge >= 0.3 is 0 Å². The first kappa shape index (κ1) is 15.5. The minimum absolute atomic E-state index is 0.0851. The van der Waals surface area contributed by atoms with Crippen molar-refractivity contribution in [3.63, 3.8) is 0 Å². The zero-order valence-corrected chi connectivity index (χ0v) is 11.9. The first-order chi connectivity index (χ1) is 7.20. The molecular formula is C14H29NO. The zero-order valence-electron chi connectivity index (χ0n) is 11.9. The average molecular weight is 227 g/mol. The zero-order chi connectivity index (χ0) is 12.8. The Labute approximate surface area is 101 Å². The summed E-state index contributed by atoms with van der Waals surface area (Å²) in [6.45, 7) is 12.9. The van der Waals surface area contributed by atoms with Crippen molar-refractivity contribution in [2.75, 3.05) is 0 Å². The Morgan fingerprint density at radius 1 is 1.12 bits per heavy atom. The minimum atomic E-state index is 0.0851. The molecule has 0 aliphatic carbocycles. The van der Waals surface area contributed by atoms with Crippen molar-refractivity contribution in [1.29, 1.82) is 0 Å². The van der Waals surface area contributed by atoms with Crippen LogP contribution in [-0.2, 0) is 4.79 Å². The van der Waals surface area contributed by atoms with Crippen molar-refractivity contribution in [3.8, 4) is 0 Å². The molecule has 0 heterocycles. The number of hydrogen-bond acceptors (Lipinski definition) is 1. The molecule has 1 unspecified atom stereocenters. The summed E-state index contributed by atoms with van der Waals surface area (Å²) in [6, 6.07) is 0.314. The van der Waals surface area contributed by atoms with Gasteiger partial charge in [0.05, 0.1) is 0 Å². The van der Waals surface area contributed by atoms with Gasteiger partial charge in [-0.15, -0.1) is 0 Å². The van der Waals surface area contributed by atoms with E-state index in [1.165, 1.54) is 12.8 Å². The maximum absolute atomic E-state index is 11.7. The van der Waals surface area contributed by atoms with Gasteiger partial charge in [0.15, 0.2) is 0 Å². The second-order valence-electron chi connectivity index (χ2n) is 6.53. The van der Waals surface area contributed by atoms with E-state index in [0.717, 1.165) is 12.3 Å². The maximum Gasteiger partial charge on any atom is 0.220 e. The molecule has 0 aromatic heterocycles. The molecule has 0 saturated heterocycles. The van der Waals surface area contributed by atoms with Gasteiger partial charge in [0, 0.05) is 12.5 Å². The molecule has 1 N–H and O–H groups in total. The van der Waals surface area contributed by atoms with Gasteiger partial charge < -0.3 is 5.32 Å². The Balaban J connectivity index is 3.70. The first-order valence-electron chi connectivity index (χ1n) is 6.50. The fraction of sp³-hybridized carbons (Fsp3) is 0.929. The van der Waals surface area contributed by atoms with E-state index in [1.54, 1.807) is 0 Å². The summed E-state index contributed by atoms with van der Waals surface area (Å²) in [5, 5.41) is 3.07. The van der Waals surface area contributed by atoms with Crippen molar-refractivity contribution in [2.45, 2.75) is 73.3 Å². The number of amides is 1. The van der Waals surface area contributed by atoms with Crippen molar-refractivity contribution < 1.29 is 4.79 Å². The topological polar surface area (TPSA) is 29.1 Å². The molecule has 0 saturated carbocycles. The van der Waals surface area contributed by atoms with E-state index in [9.17, 15) is 4.79 Å². The molecule has 0 rings (SSSR count). The van der Waals surface area contributed by atoms with Gasteiger partial charge in [-0.3, -0.25) is 4.79 Å². The van der Waals surface area contributed by atoms with Crippen LogP contribution in [0.15, 0.2) is 0 Å². The van der Waals surface area contributed by atoms with Crippen LogP contribution >= 0.6 is 0 Å². The van der Waals surface area contributed by atoms with Gasteiger partial charge in [-0.1, -0.05) is 47.5 Å². The average Bonchev–Trinajstić information content (AvgIpc) is 1.98. The van der Waals surface area contributed by atoms with E-state index in [1.807, 2.05) is 0 Å². The molecule has 1 amide bonds. The maximum atomic E-state index is 11.7. The van der Waals surface area contributed by atoms with E-state index < -0.39 is 0 Å². The highest BCUT2D eigenvalue weighted by Crippen LogP contribution is 2.18. The molecule has 1 atom stereocenters. The molecule has 96 valence electrons. The number of carbonyl (C=O) groups excluding carboxylic acids is 1. The smallest absolute Gasteiger partial charge is 0.220 e. The highest BCUT2D eigenvalue weighted by molar-refractivity contribution is 5.76. The minimum Gasteiger partial charge on any atom is -0.354 e. The SMILES string of the molecule is CC(C)CCCC(C)NC(=O)CC(C)(C)C. The second-order valence-corrected chi connectivity index (χ2v) is 6.53. The van der Waals surface area contributed by atoms with Crippen molar-refractivity contribution in [2.24, 2.45) is 11.3 Å². The molecule has 2 nitrogen and oxygen atoms in total. The molecule has 0 aliphatic rings. The van der Waals surface area contributed by atoms with E-state index in [4.69, 9.17) is 0 Å². The monoisotopic (exact) mass is 227 g/mol. The quantitative estimate of drug-likeness (QED) is 0.735. The third-order valence-electron chi connectivity index (χ3n) is 2.52. The summed E-state index contributed by atoms with van der Waals surface area (Å²) in [5.74, 6) is 0.946. The fourth-order valence-corrected chi connectivity index (χ4v) is 1.71. The van der Waals surface area contributed by atoms with Crippen LogP contribution in [0.25, 0.3) is 0 Å². The van der Waals surface area contributed by atoms with Crippen LogP contribution in [0.5, 0.6) is 0 Å². The fourth-order valence-electron chi connectivity index (χ4n) is 1.71. The van der Waals surface area contributed by atoms with Crippen LogP contribution in [0.3, 0.4) is 0 Å². The van der Waals surface area contributed by atoms with Crippen LogP contribution in [-0.4, -0.2) is 11.9 Å². The molecule has 16 heavy (non-hydrogen) atoms. The lowest BCUT2D eigenvalue weighted by molar-refractivity contribution is -0.123. The largest absolute Gasteiger partial charge is 0.354 e. The molecule has 0 bridgehead atoms. The van der Waals surface area contributed by atoms with E-state index in [2.05, 4.69) is 46.9 Å². The second kappa shape index (κ2) is 6.93. The number of rotatable bonds is 6. The predicted octanol–water partition coefficient (Wildman–Crippen LogP) is 3.75. The third-order valence-corrected chi connectivity index (χ3v) is 2.52. The Morgan fingerprint density at radius 3 is 2.12 bits per heavy atom. The van der Waals surface area contributed by atoms with Gasteiger partial charge in [-0.05, 0) is 24.7 Å². The van der Waals surface area contributed by atoms with Crippen LogP contribution in [0.2, 0.25) is 0 Å². The summed E-state index contributed by atoms with van der Waals surface area (Å²) >= 11 is 0. The molecule has 2 heteroatoms. The lowest BCUT2D eigenvalue weighted by Gasteiger charge is -2.20. The van der Waals surface area contributed by atoms with Gasteiger partial charge in [0.25, 0.3) is 0 Å². The van der Waals surface area contributed by atoms with Crippen molar-refractivity contribution >= 4 is 5.91 Å². The summed E-state index contributed by atoms with van der Waals surface area (Å²) in [5.41, 5.74) is 0.0851. The molecule has 0 fully saturated rings. The lowest BCUT2D eigenvalue weighted by atomic mass is 9.92. The summed E-state index contributed by atoms with van der Waals surface area (Å²) in [4.78, 5) is 11.7. The first-order valence-corrected chi connectivity index (χ1v) is 6.50. The third kappa shape index (κ3) is 10.0. The summed E-state index contributed by atoms with van der Waals surface area (Å²) in [6.07, 6.45) is 4.16. The molecule has 0 aromatic rings. The summed E-state index contributed by atoms with van der Waals surface area (Å²) in [7, 11) is 0. The molecule has 0 radical (unpaired) electrons. The van der Waals surface area contributed by atoms with E-state index in [-0.39, 0.29) is 11.3 Å². The van der Waals surface area contributed by atoms with Crippen LogP contribution in [0.1, 0.15) is 67.2 Å². The predicted molar refractivity (Wildman–Crippen MR) is 70.4 cm³/mol. The number of carbonyl (C=O) groups is 1. The van der Waals surface area contributed by atoms with Gasteiger partial charge in [-0.2, -0.15) is 0 Å². The van der Waals surface area contributed by atoms with E-state index in [0.29, 0.717) is 12.5 Å². The molecule has 0 spiro atoms. The standard InChI is InChI=1S/C14H29NO/c1-11(2)8-7-9-12(3)15-13(16)10-14(4,5)6/h11-12H,7-10H2,1-6H3,(H,15,16). The number of hydrogen-bond donors (Lipinski definition) is 1. The van der Waals surface area contributed by atoms with E-state index >= 15 is 0 Å². The Bertz CT molecular complexity index is 203. The normalized spacial score (nSPS) is 13.9. The molecule has 0 aromatic carbocycles. The highest BCUT2D eigenvalue weighted by atomic mass is 16.1. The lowest BCUT2D eigenvalue weighted by Crippen LogP contribution is -2.34. The van der Waals surface area contributed by atoms with Crippen molar-refractivity contribution in [3.05, 3.63) is 0 Å². The van der Waals surface area contributed by atoms with Gasteiger partial charge in [0.2, 0.25) is 5.91 Å². The van der Waals surface area contributed by atoms with Gasteiger partial charge in [0.1, 0.15) is 0 Å². The van der Waals surface area contributed by atoms with Crippen LogP contribution < -0.4 is 5.32 Å². The Hall–Kier alpha value is -0.530. The number of nitrogens with one attached hydrogen (secondary N) is 1. The highest BCUT2D eigenvalue weighted by Gasteiger charge is 2.17. The Kier molecular flexibility index (Phi) is 6.70. The molecular weight excluding hydrogens is 198 g/mol. The van der Waals surface area contributed by atoms with Crippen molar-refractivity contribution in [1.82, 2.24) is 5.32 Å².